The standard InChI is InChI=1S/C25H31N3O3S/c1-16-10-17(2)22(18(3)11-16)15-28-14-19(25(4,5)6)12-23(28)24(29)27-32(30,31)21-9-7-8-20(26)13-21/h7-14H,15,26H2,1-6H3,(H,27,29). The molecule has 0 bridgehead atoms. The Labute approximate surface area is 190 Å². The topological polar surface area (TPSA) is 94.2 Å². The zero-order valence-corrected chi connectivity index (χ0v) is 20.3. The maximum Gasteiger partial charge on any atom is 0.281 e. The van der Waals surface area contributed by atoms with E-state index < -0.39 is 15.9 Å². The predicted molar refractivity (Wildman–Crippen MR) is 128 cm³/mol. The number of carbonyl (C=O) groups excluding carboxylic acids is 1. The Kier molecular flexibility index (Phi) is 6.24. The quantitative estimate of drug-likeness (QED) is 0.558. The summed E-state index contributed by atoms with van der Waals surface area (Å²) in [6.45, 7) is 12.8. The van der Waals surface area contributed by atoms with Crippen molar-refractivity contribution < 1.29 is 13.2 Å². The third kappa shape index (κ3) is 5.05. The van der Waals surface area contributed by atoms with Crippen molar-refractivity contribution in [3.8, 4) is 0 Å². The molecular weight excluding hydrogens is 422 g/mol. The Morgan fingerprint density at radius 1 is 1.03 bits per heavy atom. The number of sulfonamides is 1. The van der Waals surface area contributed by atoms with Crippen molar-refractivity contribution in [3.05, 3.63) is 82.2 Å². The molecule has 0 radical (unpaired) electrons. The van der Waals surface area contributed by atoms with Crippen molar-refractivity contribution in [3.63, 3.8) is 0 Å². The minimum Gasteiger partial charge on any atom is -0.399 e. The molecule has 0 fully saturated rings. The molecule has 6 nitrogen and oxygen atoms in total. The minimum absolute atomic E-state index is 0.0507. The molecule has 170 valence electrons. The van der Waals surface area contributed by atoms with E-state index in [4.69, 9.17) is 5.73 Å². The van der Waals surface area contributed by atoms with Gasteiger partial charge in [-0.05, 0) is 72.7 Å². The van der Waals surface area contributed by atoms with Crippen LogP contribution in [0.15, 0.2) is 53.6 Å². The van der Waals surface area contributed by atoms with Gasteiger partial charge in [-0.2, -0.15) is 0 Å². The van der Waals surface area contributed by atoms with Gasteiger partial charge in [0.05, 0.1) is 4.90 Å². The lowest BCUT2D eigenvalue weighted by Gasteiger charge is -2.16. The van der Waals surface area contributed by atoms with E-state index >= 15 is 0 Å². The Hall–Kier alpha value is -3.06. The van der Waals surface area contributed by atoms with Gasteiger partial charge in [-0.3, -0.25) is 4.79 Å². The summed E-state index contributed by atoms with van der Waals surface area (Å²) in [5.41, 5.74) is 11.6. The summed E-state index contributed by atoms with van der Waals surface area (Å²) < 4.78 is 29.6. The first-order valence-corrected chi connectivity index (χ1v) is 12.0. The Morgan fingerprint density at radius 2 is 1.66 bits per heavy atom. The lowest BCUT2D eigenvalue weighted by atomic mass is 9.89. The maximum atomic E-state index is 13.2. The Balaban J connectivity index is 2.02. The van der Waals surface area contributed by atoms with Gasteiger partial charge in [-0.1, -0.05) is 44.5 Å². The first-order chi connectivity index (χ1) is 14.8. The number of aromatic nitrogens is 1. The van der Waals surface area contributed by atoms with Crippen LogP contribution in [0.3, 0.4) is 0 Å². The summed E-state index contributed by atoms with van der Waals surface area (Å²) in [7, 11) is -4.06. The van der Waals surface area contributed by atoms with Crippen LogP contribution in [0.2, 0.25) is 0 Å². The number of hydrogen-bond donors (Lipinski definition) is 2. The third-order valence-electron chi connectivity index (χ3n) is 5.56. The van der Waals surface area contributed by atoms with E-state index in [0.29, 0.717) is 17.9 Å². The molecule has 0 saturated carbocycles. The second kappa shape index (κ2) is 8.47. The summed E-state index contributed by atoms with van der Waals surface area (Å²) in [5.74, 6) is -0.676. The van der Waals surface area contributed by atoms with Gasteiger partial charge in [-0.25, -0.2) is 13.1 Å². The molecule has 7 heteroatoms. The predicted octanol–water partition coefficient (Wildman–Crippen LogP) is 4.46. The van der Waals surface area contributed by atoms with E-state index in [1.807, 2.05) is 24.6 Å². The summed E-state index contributed by atoms with van der Waals surface area (Å²) in [4.78, 5) is 13.1. The van der Waals surface area contributed by atoms with Crippen LogP contribution in [0, 0.1) is 20.8 Å². The first-order valence-electron chi connectivity index (χ1n) is 10.5. The van der Waals surface area contributed by atoms with E-state index in [1.54, 1.807) is 12.1 Å². The van der Waals surface area contributed by atoms with Gasteiger partial charge in [0.1, 0.15) is 5.69 Å². The van der Waals surface area contributed by atoms with E-state index in [1.165, 1.54) is 23.8 Å². The highest BCUT2D eigenvalue weighted by Crippen LogP contribution is 2.27. The molecule has 0 atom stereocenters. The number of nitrogens with one attached hydrogen (secondary N) is 1. The second-order valence-corrected chi connectivity index (χ2v) is 11.1. The molecule has 0 aliphatic rings. The number of aryl methyl sites for hydroxylation is 3. The van der Waals surface area contributed by atoms with Crippen molar-refractivity contribution in [1.82, 2.24) is 9.29 Å². The van der Waals surface area contributed by atoms with Crippen LogP contribution < -0.4 is 10.5 Å². The highest BCUT2D eigenvalue weighted by atomic mass is 32.2. The molecule has 3 N–H and O–H groups in total. The van der Waals surface area contributed by atoms with Gasteiger partial charge >= 0.3 is 0 Å². The van der Waals surface area contributed by atoms with Crippen molar-refractivity contribution in [1.29, 1.82) is 0 Å². The fourth-order valence-electron chi connectivity index (χ4n) is 3.79. The molecule has 0 spiro atoms. The van der Waals surface area contributed by atoms with Crippen LogP contribution in [0.5, 0.6) is 0 Å². The molecule has 1 heterocycles. The number of rotatable bonds is 5. The number of hydrogen-bond acceptors (Lipinski definition) is 4. The van der Waals surface area contributed by atoms with Crippen LogP contribution in [-0.2, 0) is 22.0 Å². The average molecular weight is 454 g/mol. The summed E-state index contributed by atoms with van der Waals surface area (Å²) in [6.07, 6.45) is 1.93. The molecule has 32 heavy (non-hydrogen) atoms. The zero-order valence-electron chi connectivity index (χ0n) is 19.5. The summed E-state index contributed by atoms with van der Waals surface area (Å²) >= 11 is 0. The van der Waals surface area contributed by atoms with Gasteiger partial charge in [0.2, 0.25) is 0 Å². The smallest absolute Gasteiger partial charge is 0.281 e. The van der Waals surface area contributed by atoms with Gasteiger partial charge in [0, 0.05) is 18.4 Å². The van der Waals surface area contributed by atoms with Crippen molar-refractivity contribution in [2.24, 2.45) is 0 Å². The summed E-state index contributed by atoms with van der Waals surface area (Å²) in [5, 5.41) is 0. The van der Waals surface area contributed by atoms with Gasteiger partial charge in [0.15, 0.2) is 0 Å². The van der Waals surface area contributed by atoms with Crippen molar-refractivity contribution >= 4 is 21.6 Å². The van der Waals surface area contributed by atoms with Crippen LogP contribution in [0.4, 0.5) is 5.69 Å². The van der Waals surface area contributed by atoms with Crippen LogP contribution >= 0.6 is 0 Å². The molecule has 0 saturated heterocycles. The number of carbonyl (C=O) groups is 1. The molecule has 2 aromatic carbocycles. The molecule has 3 rings (SSSR count). The second-order valence-electron chi connectivity index (χ2n) is 9.38. The van der Waals surface area contributed by atoms with E-state index in [0.717, 1.165) is 22.3 Å². The number of nitrogen functional groups attached to an aromatic ring is 1. The molecule has 0 aliphatic heterocycles. The summed E-state index contributed by atoms with van der Waals surface area (Å²) in [6, 6.07) is 11.9. The molecule has 1 amide bonds. The molecule has 1 aromatic heterocycles. The van der Waals surface area contributed by atoms with Crippen molar-refractivity contribution in [2.45, 2.75) is 58.4 Å². The zero-order chi connectivity index (χ0) is 23.8. The number of anilines is 1. The van der Waals surface area contributed by atoms with E-state index in [9.17, 15) is 13.2 Å². The third-order valence-corrected chi connectivity index (χ3v) is 6.89. The highest BCUT2D eigenvalue weighted by molar-refractivity contribution is 7.90. The SMILES string of the molecule is Cc1cc(C)c(Cn2cc(C(C)(C)C)cc2C(=O)NS(=O)(=O)c2cccc(N)c2)c(C)c1. The van der Waals surface area contributed by atoms with Gasteiger partial charge in [-0.15, -0.1) is 0 Å². The number of benzene rings is 2. The lowest BCUT2D eigenvalue weighted by Crippen LogP contribution is -2.32. The number of nitrogens with zero attached hydrogens (tertiary/aromatic N) is 1. The fraction of sp³-hybridized carbons (Fsp3) is 0.320. The Morgan fingerprint density at radius 3 is 2.22 bits per heavy atom. The van der Waals surface area contributed by atoms with Crippen LogP contribution in [0.25, 0.3) is 0 Å². The first kappa shape index (κ1) is 23.6. The maximum absolute atomic E-state index is 13.2. The molecular formula is C25H31N3O3S. The largest absolute Gasteiger partial charge is 0.399 e. The van der Waals surface area contributed by atoms with Crippen molar-refractivity contribution in [2.75, 3.05) is 5.73 Å². The van der Waals surface area contributed by atoms with Crippen LogP contribution in [0.1, 0.15) is 59.1 Å². The molecule has 3 aromatic rings. The molecule has 0 aliphatic carbocycles. The lowest BCUT2D eigenvalue weighted by molar-refractivity contribution is 0.0973. The monoisotopic (exact) mass is 453 g/mol. The number of nitrogens with two attached hydrogens (primary N) is 1. The minimum atomic E-state index is -4.06. The van der Waals surface area contributed by atoms with Gasteiger partial charge < -0.3 is 10.3 Å². The highest BCUT2D eigenvalue weighted by Gasteiger charge is 2.25. The van der Waals surface area contributed by atoms with E-state index in [2.05, 4.69) is 44.5 Å². The number of amides is 1. The molecule has 0 unspecified atom stereocenters. The average Bonchev–Trinajstić information content (AvgIpc) is 3.09. The Bertz CT molecular complexity index is 1260. The normalized spacial score (nSPS) is 12.1. The van der Waals surface area contributed by atoms with Gasteiger partial charge in [0.25, 0.3) is 15.9 Å². The fourth-order valence-corrected chi connectivity index (χ4v) is 4.80. The van der Waals surface area contributed by atoms with E-state index in [-0.39, 0.29) is 10.3 Å². The van der Waals surface area contributed by atoms with Crippen LogP contribution in [-0.4, -0.2) is 18.9 Å².